The van der Waals surface area contributed by atoms with Crippen molar-refractivity contribution in [3.8, 4) is 0 Å². The van der Waals surface area contributed by atoms with Crippen LogP contribution >= 0.6 is 11.8 Å². The molecule has 2 aromatic carbocycles. The van der Waals surface area contributed by atoms with E-state index in [1.54, 1.807) is 18.7 Å². The van der Waals surface area contributed by atoms with Gasteiger partial charge >= 0.3 is 6.03 Å². The van der Waals surface area contributed by atoms with E-state index >= 15 is 0 Å². The van der Waals surface area contributed by atoms with Crippen LogP contribution in [0.25, 0.3) is 0 Å². The SMILES string of the molecule is C[C@H](NC(=O)N1CCOCC1)C(=O)N[C@@H](C)C(=O)N1CCC[C@H]1C(=O)N[C@@H](Cc1ccccc1)C(=O)SCc1ccccc1. The molecular weight excluding hydrogens is 582 g/mol. The lowest BCUT2D eigenvalue weighted by Crippen LogP contribution is -2.57. The number of ether oxygens (including phenoxy) is 1. The molecule has 2 aromatic rings. The Labute approximate surface area is 262 Å². The smallest absolute Gasteiger partial charge is 0.318 e. The molecule has 0 unspecified atom stereocenters. The minimum absolute atomic E-state index is 0.157. The highest BCUT2D eigenvalue weighted by molar-refractivity contribution is 8.13. The van der Waals surface area contributed by atoms with Crippen molar-refractivity contribution in [3.63, 3.8) is 0 Å². The summed E-state index contributed by atoms with van der Waals surface area (Å²) in [5.74, 6) is -0.809. The maximum Gasteiger partial charge on any atom is 0.318 e. The van der Waals surface area contributed by atoms with Gasteiger partial charge in [-0.25, -0.2) is 4.79 Å². The molecule has 4 atom stereocenters. The number of thioether (sulfide) groups is 1. The molecule has 2 heterocycles. The number of morpholine rings is 1. The molecule has 12 heteroatoms. The summed E-state index contributed by atoms with van der Waals surface area (Å²) in [5.41, 5.74) is 1.92. The monoisotopic (exact) mass is 623 g/mol. The first-order valence-electron chi connectivity index (χ1n) is 15.0. The number of nitrogens with zero attached hydrogens (tertiary/aromatic N) is 2. The molecule has 0 aliphatic carbocycles. The number of nitrogens with one attached hydrogen (secondary N) is 3. The molecule has 0 spiro atoms. The Morgan fingerprint density at radius 1 is 0.841 bits per heavy atom. The van der Waals surface area contributed by atoms with Crippen molar-refractivity contribution in [1.82, 2.24) is 25.8 Å². The number of likely N-dealkylation sites (tertiary alicyclic amines) is 1. The first-order chi connectivity index (χ1) is 21.2. The van der Waals surface area contributed by atoms with Gasteiger partial charge in [0.05, 0.1) is 13.2 Å². The average Bonchev–Trinajstić information content (AvgIpc) is 3.54. The van der Waals surface area contributed by atoms with E-state index in [1.165, 1.54) is 4.90 Å². The molecule has 2 aliphatic heterocycles. The highest BCUT2D eigenvalue weighted by Gasteiger charge is 2.38. The molecule has 11 nitrogen and oxygen atoms in total. The quantitative estimate of drug-likeness (QED) is 0.349. The van der Waals surface area contributed by atoms with Crippen molar-refractivity contribution >= 4 is 40.6 Å². The van der Waals surface area contributed by atoms with Gasteiger partial charge in [0.1, 0.15) is 24.2 Å². The topological polar surface area (TPSA) is 137 Å². The summed E-state index contributed by atoms with van der Waals surface area (Å²) < 4.78 is 5.25. The largest absolute Gasteiger partial charge is 0.378 e. The fraction of sp³-hybridized carbons (Fsp3) is 0.469. The van der Waals surface area contributed by atoms with Gasteiger partial charge in [0, 0.05) is 31.8 Å². The van der Waals surface area contributed by atoms with Crippen molar-refractivity contribution in [3.05, 3.63) is 71.8 Å². The van der Waals surface area contributed by atoms with Crippen LogP contribution in [0.4, 0.5) is 4.79 Å². The lowest BCUT2D eigenvalue weighted by molar-refractivity contribution is -0.141. The summed E-state index contributed by atoms with van der Waals surface area (Å²) >= 11 is 1.16. The number of rotatable bonds is 11. The molecule has 44 heavy (non-hydrogen) atoms. The van der Waals surface area contributed by atoms with E-state index in [-0.39, 0.29) is 11.1 Å². The van der Waals surface area contributed by atoms with E-state index in [1.807, 2.05) is 60.7 Å². The minimum Gasteiger partial charge on any atom is -0.378 e. The molecule has 2 fully saturated rings. The molecule has 4 rings (SSSR count). The van der Waals surface area contributed by atoms with Gasteiger partial charge in [-0.05, 0) is 37.8 Å². The summed E-state index contributed by atoms with van der Waals surface area (Å²) in [6.07, 6.45) is 1.40. The third-order valence-electron chi connectivity index (χ3n) is 7.71. The second-order valence-electron chi connectivity index (χ2n) is 11.0. The van der Waals surface area contributed by atoms with Crippen molar-refractivity contribution < 1.29 is 28.7 Å². The van der Waals surface area contributed by atoms with Crippen LogP contribution in [0.2, 0.25) is 0 Å². The number of amides is 5. The van der Waals surface area contributed by atoms with Crippen LogP contribution in [0.1, 0.15) is 37.8 Å². The highest BCUT2D eigenvalue weighted by atomic mass is 32.2. The maximum absolute atomic E-state index is 13.5. The zero-order valence-electron chi connectivity index (χ0n) is 25.2. The number of hydrogen-bond acceptors (Lipinski definition) is 7. The van der Waals surface area contributed by atoms with Gasteiger partial charge in [-0.3, -0.25) is 19.2 Å². The lowest BCUT2D eigenvalue weighted by atomic mass is 10.1. The Morgan fingerprint density at radius 3 is 2.14 bits per heavy atom. The van der Waals surface area contributed by atoms with Gasteiger partial charge in [0.2, 0.25) is 22.8 Å². The van der Waals surface area contributed by atoms with E-state index in [4.69, 9.17) is 4.74 Å². The Bertz CT molecular complexity index is 1290. The van der Waals surface area contributed by atoms with Crippen LogP contribution in [-0.2, 0) is 36.1 Å². The van der Waals surface area contributed by atoms with Crippen LogP contribution in [0.3, 0.4) is 0 Å². The van der Waals surface area contributed by atoms with Gasteiger partial charge in [0.25, 0.3) is 0 Å². The standard InChI is InChI=1S/C32H41N5O6S/c1-22(34-32(42)36-16-18-43-19-17-36)28(38)33-23(2)30(40)37-15-9-14-27(37)29(39)35-26(20-24-10-5-3-6-11-24)31(41)44-21-25-12-7-4-8-13-25/h3-8,10-13,22-23,26-27H,9,14-21H2,1-2H3,(H,33,38)(H,34,42)(H,35,39)/t22-,23-,26-,27-/m0/s1. The zero-order chi connectivity index (χ0) is 31.5. The van der Waals surface area contributed by atoms with Crippen molar-refractivity contribution in [2.24, 2.45) is 0 Å². The molecule has 0 saturated carbocycles. The number of carbonyl (C=O) groups is 5. The molecule has 2 aliphatic rings. The Morgan fingerprint density at radius 2 is 1.48 bits per heavy atom. The van der Waals surface area contributed by atoms with Crippen LogP contribution in [0.15, 0.2) is 60.7 Å². The van der Waals surface area contributed by atoms with E-state index in [2.05, 4.69) is 16.0 Å². The maximum atomic E-state index is 13.5. The number of benzene rings is 2. The normalized spacial score (nSPS) is 18.5. The third kappa shape index (κ3) is 9.30. The zero-order valence-corrected chi connectivity index (χ0v) is 26.0. The fourth-order valence-electron chi connectivity index (χ4n) is 5.20. The molecule has 236 valence electrons. The van der Waals surface area contributed by atoms with E-state index < -0.39 is 41.9 Å². The number of hydrogen-bond donors (Lipinski definition) is 3. The molecule has 2 saturated heterocycles. The summed E-state index contributed by atoms with van der Waals surface area (Å²) in [4.78, 5) is 68.6. The first kappa shape index (κ1) is 33.0. The lowest BCUT2D eigenvalue weighted by Gasteiger charge is -2.30. The summed E-state index contributed by atoms with van der Waals surface area (Å²) in [6.45, 7) is 5.24. The highest BCUT2D eigenvalue weighted by Crippen LogP contribution is 2.21. The predicted molar refractivity (Wildman–Crippen MR) is 168 cm³/mol. The van der Waals surface area contributed by atoms with Gasteiger partial charge in [-0.15, -0.1) is 0 Å². The second kappa shape index (κ2) is 16.2. The summed E-state index contributed by atoms with van der Waals surface area (Å²) in [5, 5.41) is 8.10. The van der Waals surface area contributed by atoms with E-state index in [0.717, 1.165) is 22.9 Å². The molecular formula is C32H41N5O6S. The molecule has 0 bridgehead atoms. The van der Waals surface area contributed by atoms with Crippen molar-refractivity contribution in [1.29, 1.82) is 0 Å². The third-order valence-corrected chi connectivity index (χ3v) is 8.75. The molecule has 5 amide bonds. The Kier molecular flexibility index (Phi) is 12.2. The first-order valence-corrected chi connectivity index (χ1v) is 16.0. The Hall–Kier alpha value is -3.90. The van der Waals surface area contributed by atoms with Gasteiger partial charge in [-0.2, -0.15) is 0 Å². The molecule has 0 aromatic heterocycles. The van der Waals surface area contributed by atoms with Crippen LogP contribution in [0.5, 0.6) is 0 Å². The predicted octanol–water partition coefficient (Wildman–Crippen LogP) is 2.10. The van der Waals surface area contributed by atoms with Crippen molar-refractivity contribution in [2.75, 3.05) is 32.8 Å². The summed E-state index contributed by atoms with van der Waals surface area (Å²) in [6, 6.07) is 15.5. The average molecular weight is 624 g/mol. The van der Waals surface area contributed by atoms with Crippen LogP contribution in [-0.4, -0.2) is 95.7 Å². The van der Waals surface area contributed by atoms with Crippen molar-refractivity contribution in [2.45, 2.75) is 63.0 Å². The van der Waals surface area contributed by atoms with Gasteiger partial charge in [0.15, 0.2) is 0 Å². The molecule has 3 N–H and O–H groups in total. The van der Waals surface area contributed by atoms with Crippen LogP contribution in [0, 0.1) is 0 Å². The second-order valence-corrected chi connectivity index (χ2v) is 12.0. The number of carbonyl (C=O) groups excluding carboxylic acids is 5. The Balaban J connectivity index is 1.34. The van der Waals surface area contributed by atoms with Gasteiger partial charge in [-0.1, -0.05) is 72.4 Å². The van der Waals surface area contributed by atoms with Crippen LogP contribution < -0.4 is 16.0 Å². The molecule has 0 radical (unpaired) electrons. The van der Waals surface area contributed by atoms with E-state index in [0.29, 0.717) is 57.9 Å². The number of urea groups is 1. The fourth-order valence-corrected chi connectivity index (χ4v) is 6.05. The summed E-state index contributed by atoms with van der Waals surface area (Å²) in [7, 11) is 0. The minimum atomic E-state index is -0.915. The van der Waals surface area contributed by atoms with Gasteiger partial charge < -0.3 is 30.5 Å². The van der Waals surface area contributed by atoms with E-state index in [9.17, 15) is 24.0 Å².